The number of thiazole rings is 1. The van der Waals surface area contributed by atoms with Crippen LogP contribution >= 0.6 is 11.3 Å². The molecule has 0 aliphatic rings. The van der Waals surface area contributed by atoms with E-state index in [1.807, 2.05) is 12.1 Å². The third-order valence-corrected chi connectivity index (χ3v) is 3.77. The van der Waals surface area contributed by atoms with Crippen molar-refractivity contribution in [3.63, 3.8) is 0 Å². The molecule has 0 saturated carbocycles. The lowest BCUT2D eigenvalue weighted by atomic mass is 10.3. The van der Waals surface area contributed by atoms with Gasteiger partial charge in [-0.05, 0) is 25.0 Å². The Bertz CT molecular complexity index is 689. The van der Waals surface area contributed by atoms with Crippen LogP contribution in [-0.2, 0) is 6.42 Å². The highest BCUT2D eigenvalue weighted by Crippen LogP contribution is 2.31. The van der Waals surface area contributed by atoms with Gasteiger partial charge in [0.1, 0.15) is 5.52 Å². The summed E-state index contributed by atoms with van der Waals surface area (Å²) in [5.41, 5.74) is 9.16. The molecule has 0 amide bonds. The van der Waals surface area contributed by atoms with Crippen LogP contribution in [0, 0.1) is 0 Å². The maximum atomic E-state index is 6.13. The number of anilines is 1. The summed E-state index contributed by atoms with van der Waals surface area (Å²) < 4.78 is 0.958. The van der Waals surface area contributed by atoms with Crippen molar-refractivity contribution >= 4 is 38.4 Å². The number of pyridine rings is 2. The molecule has 0 unspecified atom stereocenters. The first kappa shape index (κ1) is 10.4. The normalized spacial score (nSPS) is 11.4. The number of aryl methyl sites for hydroxylation is 1. The van der Waals surface area contributed by atoms with Crippen LogP contribution in [0.4, 0.5) is 5.69 Å². The van der Waals surface area contributed by atoms with Gasteiger partial charge in [-0.15, -0.1) is 11.3 Å². The van der Waals surface area contributed by atoms with E-state index in [4.69, 9.17) is 5.73 Å². The van der Waals surface area contributed by atoms with E-state index in [0.717, 1.165) is 39.2 Å². The molecule has 0 spiro atoms. The van der Waals surface area contributed by atoms with E-state index in [0.29, 0.717) is 5.69 Å². The minimum Gasteiger partial charge on any atom is -0.396 e. The van der Waals surface area contributed by atoms with Crippen LogP contribution in [-0.4, -0.2) is 15.0 Å². The molecule has 3 rings (SSSR count). The molecule has 3 aromatic heterocycles. The molecular formula is C12H12N4S. The van der Waals surface area contributed by atoms with Crippen molar-refractivity contribution < 1.29 is 0 Å². The molecule has 5 heteroatoms. The molecule has 0 radical (unpaired) electrons. The summed E-state index contributed by atoms with van der Waals surface area (Å²) in [6.45, 7) is 2.14. The molecule has 0 aromatic carbocycles. The molecule has 2 N–H and O–H groups in total. The second kappa shape index (κ2) is 3.92. The Labute approximate surface area is 103 Å². The van der Waals surface area contributed by atoms with E-state index in [2.05, 4.69) is 21.9 Å². The molecule has 0 atom stereocenters. The molecule has 4 nitrogen and oxygen atoms in total. The number of fused-ring (bicyclic) bond motifs is 2. The predicted octanol–water partition coefficient (Wildman–Crippen LogP) is 2.77. The Hall–Kier alpha value is -1.75. The summed E-state index contributed by atoms with van der Waals surface area (Å²) in [4.78, 5) is 13.3. The summed E-state index contributed by atoms with van der Waals surface area (Å²) in [5, 5.41) is 1.09. The van der Waals surface area contributed by atoms with Gasteiger partial charge in [-0.3, -0.25) is 4.98 Å². The zero-order valence-corrected chi connectivity index (χ0v) is 10.3. The summed E-state index contributed by atoms with van der Waals surface area (Å²) >= 11 is 1.62. The van der Waals surface area contributed by atoms with Crippen LogP contribution in [0.3, 0.4) is 0 Å². The Morgan fingerprint density at radius 1 is 1.35 bits per heavy atom. The van der Waals surface area contributed by atoms with Crippen molar-refractivity contribution in [3.05, 3.63) is 23.3 Å². The molecule has 17 heavy (non-hydrogen) atoms. The van der Waals surface area contributed by atoms with E-state index >= 15 is 0 Å². The summed E-state index contributed by atoms with van der Waals surface area (Å²) in [7, 11) is 0. The average Bonchev–Trinajstić information content (AvgIpc) is 2.73. The van der Waals surface area contributed by atoms with Crippen molar-refractivity contribution in [2.45, 2.75) is 19.8 Å². The number of nitrogens with two attached hydrogens (primary N) is 1. The number of nitrogens with zero attached hydrogens (tertiary/aromatic N) is 3. The predicted molar refractivity (Wildman–Crippen MR) is 71.1 cm³/mol. The van der Waals surface area contributed by atoms with Crippen molar-refractivity contribution in [2.75, 3.05) is 5.73 Å². The van der Waals surface area contributed by atoms with Crippen molar-refractivity contribution in [2.24, 2.45) is 0 Å². The average molecular weight is 244 g/mol. The van der Waals surface area contributed by atoms with E-state index in [1.165, 1.54) is 0 Å². The molecule has 0 fully saturated rings. The standard InChI is InChI=1S/C12H12N4S/c1-2-4-8-16-12-11(17-8)9(13)10-7(15-12)5-3-6-14-10/h3,5-6H,2,4H2,1H3,(H2,13,15). The second-order valence-electron chi connectivity index (χ2n) is 3.91. The van der Waals surface area contributed by atoms with Gasteiger partial charge in [0, 0.05) is 6.20 Å². The molecule has 0 bridgehead atoms. The van der Waals surface area contributed by atoms with Gasteiger partial charge in [0.2, 0.25) is 0 Å². The molecule has 0 aliphatic heterocycles. The van der Waals surface area contributed by atoms with Crippen LogP contribution < -0.4 is 5.73 Å². The third kappa shape index (κ3) is 1.63. The van der Waals surface area contributed by atoms with Gasteiger partial charge >= 0.3 is 0 Å². The maximum Gasteiger partial charge on any atom is 0.173 e. The fourth-order valence-electron chi connectivity index (χ4n) is 1.84. The highest BCUT2D eigenvalue weighted by Gasteiger charge is 2.11. The lowest BCUT2D eigenvalue weighted by molar-refractivity contribution is 0.911. The summed E-state index contributed by atoms with van der Waals surface area (Å²) in [5.74, 6) is 0. The summed E-state index contributed by atoms with van der Waals surface area (Å²) in [6.07, 6.45) is 3.79. The maximum absolute atomic E-state index is 6.13. The van der Waals surface area contributed by atoms with E-state index in [9.17, 15) is 0 Å². The lowest BCUT2D eigenvalue weighted by Gasteiger charge is -1.99. The highest BCUT2D eigenvalue weighted by atomic mass is 32.1. The fourth-order valence-corrected chi connectivity index (χ4v) is 2.91. The molecule has 0 aliphatic carbocycles. The smallest absolute Gasteiger partial charge is 0.173 e. The second-order valence-corrected chi connectivity index (χ2v) is 4.99. The third-order valence-electron chi connectivity index (χ3n) is 2.63. The quantitative estimate of drug-likeness (QED) is 0.752. The van der Waals surface area contributed by atoms with Crippen molar-refractivity contribution in [1.82, 2.24) is 15.0 Å². The van der Waals surface area contributed by atoms with E-state index < -0.39 is 0 Å². The number of hydrogen-bond acceptors (Lipinski definition) is 5. The van der Waals surface area contributed by atoms with Crippen molar-refractivity contribution in [3.8, 4) is 0 Å². The number of hydrogen-bond donors (Lipinski definition) is 1. The fraction of sp³-hybridized carbons (Fsp3) is 0.250. The highest BCUT2D eigenvalue weighted by molar-refractivity contribution is 7.19. The Balaban J connectivity index is 2.34. The minimum absolute atomic E-state index is 0.699. The minimum atomic E-state index is 0.699. The van der Waals surface area contributed by atoms with Crippen molar-refractivity contribution in [1.29, 1.82) is 0 Å². The van der Waals surface area contributed by atoms with Gasteiger partial charge < -0.3 is 5.73 Å². The van der Waals surface area contributed by atoms with Crippen LogP contribution in [0.5, 0.6) is 0 Å². The summed E-state index contributed by atoms with van der Waals surface area (Å²) in [6, 6.07) is 3.77. The van der Waals surface area contributed by atoms with Crippen LogP contribution in [0.15, 0.2) is 18.3 Å². The number of aromatic nitrogens is 3. The zero-order chi connectivity index (χ0) is 11.8. The van der Waals surface area contributed by atoms with E-state index in [1.54, 1.807) is 17.5 Å². The first-order valence-electron chi connectivity index (χ1n) is 5.59. The van der Waals surface area contributed by atoms with Gasteiger partial charge in [0.05, 0.1) is 20.9 Å². The largest absolute Gasteiger partial charge is 0.396 e. The number of rotatable bonds is 2. The molecule has 0 saturated heterocycles. The Morgan fingerprint density at radius 3 is 3.06 bits per heavy atom. The van der Waals surface area contributed by atoms with Gasteiger partial charge in [0.25, 0.3) is 0 Å². The Kier molecular flexibility index (Phi) is 2.40. The van der Waals surface area contributed by atoms with E-state index in [-0.39, 0.29) is 0 Å². The Morgan fingerprint density at radius 2 is 2.24 bits per heavy atom. The zero-order valence-electron chi connectivity index (χ0n) is 9.47. The molecular weight excluding hydrogens is 232 g/mol. The molecule has 86 valence electrons. The van der Waals surface area contributed by atoms with Gasteiger partial charge in [-0.25, -0.2) is 9.97 Å². The van der Waals surface area contributed by atoms with Gasteiger partial charge in [-0.2, -0.15) is 0 Å². The molecule has 3 heterocycles. The SMILES string of the molecule is CCCc1nc2nc3cccnc3c(N)c2s1. The molecule has 3 aromatic rings. The van der Waals surface area contributed by atoms with Gasteiger partial charge in [0.15, 0.2) is 5.65 Å². The number of nitrogen functional groups attached to an aromatic ring is 1. The first-order valence-corrected chi connectivity index (χ1v) is 6.41. The van der Waals surface area contributed by atoms with Crippen LogP contribution in [0.1, 0.15) is 18.4 Å². The topological polar surface area (TPSA) is 64.7 Å². The monoisotopic (exact) mass is 244 g/mol. The first-order chi connectivity index (χ1) is 8.29. The van der Waals surface area contributed by atoms with Crippen LogP contribution in [0.25, 0.3) is 21.4 Å². The van der Waals surface area contributed by atoms with Gasteiger partial charge in [-0.1, -0.05) is 6.92 Å². The van der Waals surface area contributed by atoms with Crippen LogP contribution in [0.2, 0.25) is 0 Å². The lowest BCUT2D eigenvalue weighted by Crippen LogP contribution is -1.92.